The average Bonchev–Trinajstić information content (AvgIpc) is 2.92. The number of nitrogens with zero attached hydrogens (tertiary/aromatic N) is 1. The molecule has 2 N–H and O–H groups in total. The second-order valence-electron chi connectivity index (χ2n) is 5.52. The minimum atomic E-state index is -1.04. The van der Waals surface area contributed by atoms with Crippen molar-refractivity contribution < 1.29 is 9.90 Å². The van der Waals surface area contributed by atoms with Crippen LogP contribution in [0.4, 0.5) is 0 Å². The molecule has 0 unspecified atom stereocenters. The molecule has 0 saturated carbocycles. The summed E-state index contributed by atoms with van der Waals surface area (Å²) in [6.07, 6.45) is 0. The number of aryl methyl sites for hydroxylation is 1. The lowest BCUT2D eigenvalue weighted by Gasteiger charge is -2.03. The first-order valence-electron chi connectivity index (χ1n) is 7.30. The second kappa shape index (κ2) is 5.28. The summed E-state index contributed by atoms with van der Waals surface area (Å²) in [6.45, 7) is 1.63. The molecule has 2 heterocycles. The highest BCUT2D eigenvalue weighted by atomic mass is 32.1. The number of fused-ring (bicyclic) bond motifs is 2. The summed E-state index contributed by atoms with van der Waals surface area (Å²) in [6, 6.07) is 13.7. The number of hydrogen-bond donors (Lipinski definition) is 2. The molecule has 24 heavy (non-hydrogen) atoms. The Bertz CT molecular complexity index is 1170. The van der Waals surface area contributed by atoms with Crippen LogP contribution in [-0.4, -0.2) is 21.0 Å². The normalized spacial score (nSPS) is 11.2. The number of nitrogens with one attached hydrogen (secondary N) is 1. The van der Waals surface area contributed by atoms with Gasteiger partial charge in [-0.2, -0.15) is 0 Å². The first-order valence-corrected chi connectivity index (χ1v) is 8.12. The van der Waals surface area contributed by atoms with E-state index in [2.05, 4.69) is 9.97 Å². The van der Waals surface area contributed by atoms with E-state index >= 15 is 0 Å². The van der Waals surface area contributed by atoms with E-state index in [9.17, 15) is 14.7 Å². The summed E-state index contributed by atoms with van der Waals surface area (Å²) in [5.41, 5.74) is 0.932. The zero-order chi connectivity index (χ0) is 16.8. The fourth-order valence-electron chi connectivity index (χ4n) is 2.82. The molecule has 0 aliphatic rings. The van der Waals surface area contributed by atoms with E-state index in [0.717, 1.165) is 27.7 Å². The molecule has 0 aliphatic heterocycles. The molecule has 6 heteroatoms. The van der Waals surface area contributed by atoms with E-state index < -0.39 is 5.97 Å². The van der Waals surface area contributed by atoms with Gasteiger partial charge in [0, 0.05) is 5.56 Å². The second-order valence-corrected chi connectivity index (χ2v) is 6.52. The molecule has 0 bridgehead atoms. The van der Waals surface area contributed by atoms with Crippen molar-refractivity contribution in [3.05, 3.63) is 63.3 Å². The summed E-state index contributed by atoms with van der Waals surface area (Å²) >= 11 is 1.03. The molecular weight excluding hydrogens is 324 g/mol. The zero-order valence-corrected chi connectivity index (χ0v) is 13.5. The van der Waals surface area contributed by atoms with Gasteiger partial charge in [-0.15, -0.1) is 11.3 Å². The van der Waals surface area contributed by atoms with E-state index in [0.29, 0.717) is 21.6 Å². The quantitative estimate of drug-likeness (QED) is 0.583. The molecule has 2 aromatic heterocycles. The molecule has 0 radical (unpaired) electrons. The first-order chi connectivity index (χ1) is 11.5. The minimum absolute atomic E-state index is 0.152. The van der Waals surface area contributed by atoms with Crippen LogP contribution in [0.15, 0.2) is 47.3 Å². The zero-order valence-electron chi connectivity index (χ0n) is 12.7. The SMILES string of the molecule is Cc1c(C(=O)O)sc2nc(-c3ccc4ccccc4c3)[nH]c(=O)c12. The smallest absolute Gasteiger partial charge is 0.346 e. The molecule has 118 valence electrons. The molecule has 0 aliphatic carbocycles. The molecule has 0 fully saturated rings. The number of carbonyl (C=O) groups is 1. The fourth-order valence-corrected chi connectivity index (χ4v) is 3.84. The van der Waals surface area contributed by atoms with Gasteiger partial charge in [-0.1, -0.05) is 36.4 Å². The van der Waals surface area contributed by atoms with E-state index in [1.165, 1.54) is 0 Å². The number of thiophene rings is 1. The number of aromatic amines is 1. The summed E-state index contributed by atoms with van der Waals surface area (Å²) < 4.78 is 0. The number of benzene rings is 2. The van der Waals surface area contributed by atoms with Gasteiger partial charge in [0.25, 0.3) is 5.56 Å². The van der Waals surface area contributed by atoms with Crippen molar-refractivity contribution in [3.63, 3.8) is 0 Å². The summed E-state index contributed by atoms with van der Waals surface area (Å²) in [5.74, 6) is -0.599. The van der Waals surface area contributed by atoms with Crippen molar-refractivity contribution >= 4 is 38.3 Å². The Morgan fingerprint density at radius 2 is 1.92 bits per heavy atom. The number of aromatic nitrogens is 2. The lowest BCUT2D eigenvalue weighted by atomic mass is 10.1. The summed E-state index contributed by atoms with van der Waals surface area (Å²) in [5, 5.41) is 11.7. The van der Waals surface area contributed by atoms with Gasteiger partial charge >= 0.3 is 5.97 Å². The van der Waals surface area contributed by atoms with Gasteiger partial charge in [0.15, 0.2) is 0 Å². The van der Waals surface area contributed by atoms with Crippen LogP contribution < -0.4 is 5.56 Å². The lowest BCUT2D eigenvalue weighted by molar-refractivity contribution is 0.0701. The lowest BCUT2D eigenvalue weighted by Crippen LogP contribution is -2.09. The number of rotatable bonds is 2. The maximum absolute atomic E-state index is 12.4. The van der Waals surface area contributed by atoms with Gasteiger partial charge < -0.3 is 10.1 Å². The highest BCUT2D eigenvalue weighted by Crippen LogP contribution is 2.29. The third-order valence-electron chi connectivity index (χ3n) is 4.02. The Morgan fingerprint density at radius 3 is 2.67 bits per heavy atom. The molecule has 2 aromatic carbocycles. The van der Waals surface area contributed by atoms with Crippen LogP contribution in [0.3, 0.4) is 0 Å². The van der Waals surface area contributed by atoms with Crippen LogP contribution >= 0.6 is 11.3 Å². The number of carboxylic acid groups (broad SMARTS) is 1. The van der Waals surface area contributed by atoms with Crippen molar-refractivity contribution in [2.45, 2.75) is 6.92 Å². The third-order valence-corrected chi connectivity index (χ3v) is 5.19. The van der Waals surface area contributed by atoms with Gasteiger partial charge in [0.1, 0.15) is 15.5 Å². The maximum Gasteiger partial charge on any atom is 0.346 e. The molecule has 0 amide bonds. The van der Waals surface area contributed by atoms with Crippen LogP contribution in [0.25, 0.3) is 32.4 Å². The van der Waals surface area contributed by atoms with Crippen molar-refractivity contribution in [1.82, 2.24) is 9.97 Å². The predicted octanol–water partition coefficient (Wildman–Crippen LogP) is 3.81. The Balaban J connectivity index is 1.96. The highest BCUT2D eigenvalue weighted by molar-refractivity contribution is 7.20. The molecule has 4 aromatic rings. The average molecular weight is 336 g/mol. The van der Waals surface area contributed by atoms with E-state index in [4.69, 9.17) is 0 Å². The first kappa shape index (κ1) is 14.6. The van der Waals surface area contributed by atoms with Gasteiger partial charge in [0.05, 0.1) is 5.39 Å². The number of H-pyrrole nitrogens is 1. The van der Waals surface area contributed by atoms with Crippen molar-refractivity contribution in [2.24, 2.45) is 0 Å². The van der Waals surface area contributed by atoms with Crippen molar-refractivity contribution in [2.75, 3.05) is 0 Å². The van der Waals surface area contributed by atoms with Gasteiger partial charge in [0.2, 0.25) is 0 Å². The van der Waals surface area contributed by atoms with E-state index in [1.54, 1.807) is 6.92 Å². The molecule has 4 rings (SSSR count). The molecular formula is C18H12N2O3S. The summed E-state index contributed by atoms with van der Waals surface area (Å²) in [4.78, 5) is 31.5. The standard InChI is InChI=1S/C18H12N2O3S/c1-9-13-16(21)19-15(20-17(13)24-14(9)18(22)23)12-7-6-10-4-2-3-5-11(10)8-12/h2-8H,1H3,(H,22,23)(H,19,20,21). The van der Waals surface area contributed by atoms with Crippen LogP contribution in [0, 0.1) is 6.92 Å². The third kappa shape index (κ3) is 2.19. The van der Waals surface area contributed by atoms with Gasteiger partial charge in [-0.25, -0.2) is 9.78 Å². The molecule has 5 nitrogen and oxygen atoms in total. The Labute approximate surface area is 140 Å². The Hall–Kier alpha value is -2.99. The van der Waals surface area contributed by atoms with Crippen molar-refractivity contribution in [1.29, 1.82) is 0 Å². The number of aromatic carboxylic acids is 1. The minimum Gasteiger partial charge on any atom is -0.477 e. The van der Waals surface area contributed by atoms with E-state index in [1.807, 2.05) is 42.5 Å². The largest absolute Gasteiger partial charge is 0.477 e. The Morgan fingerprint density at radius 1 is 1.17 bits per heavy atom. The molecule has 0 spiro atoms. The number of carboxylic acids is 1. The molecule has 0 atom stereocenters. The number of hydrogen-bond acceptors (Lipinski definition) is 4. The maximum atomic E-state index is 12.4. The predicted molar refractivity (Wildman–Crippen MR) is 94.9 cm³/mol. The topological polar surface area (TPSA) is 83.0 Å². The van der Waals surface area contributed by atoms with Crippen LogP contribution in [0.2, 0.25) is 0 Å². The van der Waals surface area contributed by atoms with Gasteiger partial charge in [-0.3, -0.25) is 4.79 Å². The van der Waals surface area contributed by atoms with Crippen LogP contribution in [0.5, 0.6) is 0 Å². The van der Waals surface area contributed by atoms with E-state index in [-0.39, 0.29) is 10.4 Å². The summed E-state index contributed by atoms with van der Waals surface area (Å²) in [7, 11) is 0. The van der Waals surface area contributed by atoms with Gasteiger partial charge in [-0.05, 0) is 29.3 Å². The molecule has 0 saturated heterocycles. The fraction of sp³-hybridized carbons (Fsp3) is 0.0556. The van der Waals surface area contributed by atoms with Crippen LogP contribution in [0.1, 0.15) is 15.2 Å². The Kier molecular flexibility index (Phi) is 3.21. The highest BCUT2D eigenvalue weighted by Gasteiger charge is 2.18. The monoisotopic (exact) mass is 336 g/mol. The van der Waals surface area contributed by atoms with Crippen molar-refractivity contribution in [3.8, 4) is 11.4 Å². The van der Waals surface area contributed by atoms with Crippen LogP contribution in [-0.2, 0) is 0 Å².